The van der Waals surface area contributed by atoms with Crippen molar-refractivity contribution in [3.63, 3.8) is 0 Å². The predicted molar refractivity (Wildman–Crippen MR) is 126 cm³/mol. The first-order valence-electron chi connectivity index (χ1n) is 11.6. The summed E-state index contributed by atoms with van der Waals surface area (Å²) in [6.45, 7) is 17.8. The van der Waals surface area contributed by atoms with Gasteiger partial charge in [0.05, 0.1) is 5.54 Å². The first-order valence-corrected chi connectivity index (χ1v) is 11.6. The second kappa shape index (κ2) is 9.95. The van der Waals surface area contributed by atoms with Crippen LogP contribution in [0.1, 0.15) is 57.4 Å². The second-order valence-corrected chi connectivity index (χ2v) is 9.19. The van der Waals surface area contributed by atoms with E-state index in [1.165, 1.54) is 68.7 Å². The maximum atomic E-state index is 4.63. The molecule has 1 aliphatic heterocycles. The molecule has 0 unspecified atom stereocenters. The van der Waals surface area contributed by atoms with Crippen LogP contribution in [0.5, 0.6) is 0 Å². The van der Waals surface area contributed by atoms with Crippen LogP contribution in [0.4, 0.5) is 5.69 Å². The summed E-state index contributed by atoms with van der Waals surface area (Å²) in [5, 5.41) is 0. The van der Waals surface area contributed by atoms with Crippen molar-refractivity contribution in [1.82, 2.24) is 9.80 Å². The maximum absolute atomic E-state index is 4.63. The Balaban J connectivity index is 1.75. The Kier molecular flexibility index (Phi) is 7.59. The summed E-state index contributed by atoms with van der Waals surface area (Å²) >= 11 is 0. The van der Waals surface area contributed by atoms with E-state index in [1.807, 2.05) is 6.20 Å². The fourth-order valence-electron chi connectivity index (χ4n) is 5.41. The molecule has 2 fully saturated rings. The number of rotatable bonds is 8. The van der Waals surface area contributed by atoms with Gasteiger partial charge in [0, 0.05) is 37.2 Å². The zero-order chi connectivity index (χ0) is 20.9. The van der Waals surface area contributed by atoms with Crippen molar-refractivity contribution in [2.75, 3.05) is 38.1 Å². The zero-order valence-corrected chi connectivity index (χ0v) is 19.0. The van der Waals surface area contributed by atoms with Crippen molar-refractivity contribution < 1.29 is 0 Å². The van der Waals surface area contributed by atoms with Gasteiger partial charge in [-0.15, -0.1) is 0 Å². The summed E-state index contributed by atoms with van der Waals surface area (Å²) in [4.78, 5) is 7.45. The fraction of sp³-hybridized carbons (Fsp3) is 0.615. The Hall–Kier alpha value is -1.58. The molecule has 3 rings (SSSR count). The van der Waals surface area contributed by atoms with E-state index in [-0.39, 0.29) is 5.54 Å². The average Bonchev–Trinajstić information content (AvgIpc) is 2.75. The number of aryl methyl sites for hydroxylation is 1. The van der Waals surface area contributed by atoms with Gasteiger partial charge in [0.2, 0.25) is 0 Å². The highest BCUT2D eigenvalue weighted by Gasteiger charge is 2.42. The molecule has 160 valence electrons. The van der Waals surface area contributed by atoms with E-state index in [0.717, 1.165) is 25.3 Å². The number of hydrogen-bond donors (Lipinski definition) is 0. The highest BCUT2D eigenvalue weighted by Crippen LogP contribution is 2.38. The Labute approximate surface area is 179 Å². The Morgan fingerprint density at radius 3 is 2.48 bits per heavy atom. The van der Waals surface area contributed by atoms with Crippen LogP contribution in [-0.2, 0) is 0 Å². The lowest BCUT2D eigenvalue weighted by Gasteiger charge is -2.51. The quantitative estimate of drug-likeness (QED) is 0.549. The van der Waals surface area contributed by atoms with Gasteiger partial charge in [-0.1, -0.05) is 51.5 Å². The van der Waals surface area contributed by atoms with Gasteiger partial charge in [0.25, 0.3) is 0 Å². The molecule has 1 heterocycles. The molecule has 0 spiro atoms. The highest BCUT2D eigenvalue weighted by molar-refractivity contribution is 5.57. The molecule has 2 aliphatic rings. The molecule has 29 heavy (non-hydrogen) atoms. The molecular weight excluding hydrogens is 354 g/mol. The molecule has 1 aliphatic carbocycles. The molecule has 1 saturated heterocycles. The third kappa shape index (κ3) is 4.95. The number of benzene rings is 1. The molecule has 0 radical (unpaired) electrons. The van der Waals surface area contributed by atoms with Gasteiger partial charge in [-0.3, -0.25) is 4.90 Å². The minimum atomic E-state index is -0.00422. The van der Waals surface area contributed by atoms with Crippen LogP contribution in [-0.4, -0.2) is 48.6 Å². The number of nitrogens with zero attached hydrogens (tertiary/aromatic N) is 3. The first kappa shape index (κ1) is 22.1. The number of anilines is 1. The molecular formula is C26H41N3. The van der Waals surface area contributed by atoms with Crippen molar-refractivity contribution in [2.24, 2.45) is 5.92 Å². The summed E-state index contributed by atoms with van der Waals surface area (Å²) in [7, 11) is 2.26. The fourth-order valence-corrected chi connectivity index (χ4v) is 5.41. The molecule has 3 nitrogen and oxygen atoms in total. The average molecular weight is 396 g/mol. The van der Waals surface area contributed by atoms with Crippen LogP contribution >= 0.6 is 0 Å². The van der Waals surface area contributed by atoms with Crippen LogP contribution in [0.2, 0.25) is 0 Å². The normalized spacial score (nSPS) is 20.6. The number of likely N-dealkylation sites (N-methyl/N-ethyl adjacent to an activating group) is 1. The zero-order valence-electron chi connectivity index (χ0n) is 19.0. The van der Waals surface area contributed by atoms with E-state index < -0.39 is 0 Å². The predicted octanol–water partition coefficient (Wildman–Crippen LogP) is 5.83. The van der Waals surface area contributed by atoms with Crippen LogP contribution in [0.3, 0.4) is 0 Å². The second-order valence-electron chi connectivity index (χ2n) is 9.19. The van der Waals surface area contributed by atoms with Gasteiger partial charge in [-0.05, 0) is 69.8 Å². The van der Waals surface area contributed by atoms with Crippen LogP contribution < -0.4 is 4.90 Å². The first-order chi connectivity index (χ1) is 14.0. The minimum Gasteiger partial charge on any atom is -0.320 e. The van der Waals surface area contributed by atoms with Crippen molar-refractivity contribution in [2.45, 2.75) is 64.3 Å². The highest BCUT2D eigenvalue weighted by atomic mass is 15.3. The number of hydrogen-bond acceptors (Lipinski definition) is 3. The van der Waals surface area contributed by atoms with Crippen molar-refractivity contribution >= 4 is 5.69 Å². The van der Waals surface area contributed by atoms with Gasteiger partial charge < -0.3 is 9.80 Å². The lowest BCUT2D eigenvalue weighted by atomic mass is 9.81. The van der Waals surface area contributed by atoms with Crippen LogP contribution in [0.25, 0.3) is 0 Å². The SMILES string of the molecule is C=CN(C(=C)C1(N(C)CC)CCN(CC2CCCCC2)CC1)c1cccc(C)c1. The Morgan fingerprint density at radius 1 is 1.21 bits per heavy atom. The molecule has 0 N–H and O–H groups in total. The van der Waals surface area contributed by atoms with E-state index in [0.29, 0.717) is 0 Å². The summed E-state index contributed by atoms with van der Waals surface area (Å²) in [6.07, 6.45) is 11.4. The Morgan fingerprint density at radius 2 is 1.90 bits per heavy atom. The molecule has 1 aromatic rings. The van der Waals surface area contributed by atoms with E-state index in [4.69, 9.17) is 0 Å². The van der Waals surface area contributed by atoms with Gasteiger partial charge in [-0.25, -0.2) is 0 Å². The van der Waals surface area contributed by atoms with E-state index in [9.17, 15) is 0 Å². The van der Waals surface area contributed by atoms with E-state index in [1.54, 1.807) is 0 Å². The Bertz CT molecular complexity index is 681. The summed E-state index contributed by atoms with van der Waals surface area (Å²) in [5.41, 5.74) is 3.59. The topological polar surface area (TPSA) is 9.72 Å². The molecule has 1 saturated carbocycles. The molecule has 0 atom stereocenters. The van der Waals surface area contributed by atoms with Crippen LogP contribution in [0, 0.1) is 12.8 Å². The monoisotopic (exact) mass is 395 g/mol. The summed E-state index contributed by atoms with van der Waals surface area (Å²) in [6, 6.07) is 8.66. The van der Waals surface area contributed by atoms with Crippen molar-refractivity contribution in [3.8, 4) is 0 Å². The lowest BCUT2D eigenvalue weighted by molar-refractivity contribution is 0.0587. The molecule has 0 aromatic heterocycles. The van der Waals surface area contributed by atoms with E-state index in [2.05, 4.69) is 73.0 Å². The smallest absolute Gasteiger partial charge is 0.0632 e. The third-order valence-corrected chi connectivity index (χ3v) is 7.42. The van der Waals surface area contributed by atoms with Crippen LogP contribution in [0.15, 0.2) is 49.3 Å². The number of likely N-dealkylation sites (tertiary alicyclic amines) is 1. The molecule has 0 amide bonds. The van der Waals surface area contributed by atoms with Crippen molar-refractivity contribution in [3.05, 3.63) is 54.9 Å². The van der Waals surface area contributed by atoms with Crippen molar-refractivity contribution in [1.29, 1.82) is 0 Å². The third-order valence-electron chi connectivity index (χ3n) is 7.42. The number of piperidine rings is 1. The van der Waals surface area contributed by atoms with E-state index >= 15 is 0 Å². The minimum absolute atomic E-state index is 0.00422. The van der Waals surface area contributed by atoms with Gasteiger partial charge in [0.15, 0.2) is 0 Å². The molecule has 0 bridgehead atoms. The maximum Gasteiger partial charge on any atom is 0.0632 e. The van der Waals surface area contributed by atoms with Gasteiger partial charge >= 0.3 is 0 Å². The lowest BCUT2D eigenvalue weighted by Crippen LogP contribution is -2.57. The largest absolute Gasteiger partial charge is 0.320 e. The van der Waals surface area contributed by atoms with Gasteiger partial charge in [-0.2, -0.15) is 0 Å². The standard InChI is InChI=1S/C26H41N3/c1-6-27(5)26(23(4)29(7-2)25-15-11-12-22(3)20-25)16-18-28(19-17-26)21-24-13-9-8-10-14-24/h7,11-12,15,20,24H,2,4,6,8-10,13-14,16-19,21H2,1,3,5H3. The molecule has 3 heteroatoms. The summed E-state index contributed by atoms with van der Waals surface area (Å²) in [5.74, 6) is 0.917. The molecule has 1 aromatic carbocycles. The van der Waals surface area contributed by atoms with Gasteiger partial charge in [0.1, 0.15) is 0 Å². The summed E-state index contributed by atoms with van der Waals surface area (Å²) < 4.78 is 0.